The molecule has 5 heteroatoms. The van der Waals surface area contributed by atoms with Crippen molar-refractivity contribution < 1.29 is 9.18 Å². The normalized spacial score (nSPS) is 10.2. The Labute approximate surface area is 109 Å². The van der Waals surface area contributed by atoms with Crippen molar-refractivity contribution in [3.05, 3.63) is 59.1 Å². The number of carbonyl (C=O) groups excluding carboxylic acids is 1. The summed E-state index contributed by atoms with van der Waals surface area (Å²) in [6.07, 6.45) is 2.85. The van der Waals surface area contributed by atoms with Gasteiger partial charge < -0.3 is 4.90 Å². The van der Waals surface area contributed by atoms with E-state index in [-0.39, 0.29) is 22.2 Å². The van der Waals surface area contributed by atoms with Crippen LogP contribution in [0.5, 0.6) is 0 Å². The average molecular weight is 265 g/mol. The van der Waals surface area contributed by atoms with Gasteiger partial charge in [-0.3, -0.25) is 9.78 Å². The highest BCUT2D eigenvalue weighted by atomic mass is 35.5. The first-order chi connectivity index (χ1) is 8.61. The van der Waals surface area contributed by atoms with Crippen LogP contribution in [0.2, 0.25) is 5.02 Å². The standard InChI is InChI=1S/C13H10ClFN2O/c1-17(12-5-3-2-4-11(12)15)13(18)9-6-7-16-8-10(9)14/h2-8H,1H3. The molecule has 1 aromatic heterocycles. The van der Waals surface area contributed by atoms with Gasteiger partial charge in [0.05, 0.1) is 16.3 Å². The summed E-state index contributed by atoms with van der Waals surface area (Å²) in [6.45, 7) is 0. The van der Waals surface area contributed by atoms with Crippen molar-refractivity contribution in [3.63, 3.8) is 0 Å². The number of halogens is 2. The Morgan fingerprint density at radius 3 is 2.72 bits per heavy atom. The van der Waals surface area contributed by atoms with Gasteiger partial charge in [0, 0.05) is 19.4 Å². The van der Waals surface area contributed by atoms with E-state index in [9.17, 15) is 9.18 Å². The van der Waals surface area contributed by atoms with E-state index in [2.05, 4.69) is 4.98 Å². The zero-order valence-electron chi connectivity index (χ0n) is 9.60. The second-order valence-electron chi connectivity index (χ2n) is 3.67. The summed E-state index contributed by atoms with van der Waals surface area (Å²) in [5.41, 5.74) is 0.493. The predicted molar refractivity (Wildman–Crippen MR) is 68.4 cm³/mol. The number of amides is 1. The molecule has 1 aromatic carbocycles. The summed E-state index contributed by atoms with van der Waals surface area (Å²) in [5.74, 6) is -0.842. The highest BCUT2D eigenvalue weighted by molar-refractivity contribution is 6.34. The molecule has 0 radical (unpaired) electrons. The first kappa shape index (κ1) is 12.5. The number of anilines is 1. The molecule has 3 nitrogen and oxygen atoms in total. The maximum absolute atomic E-state index is 13.6. The Bertz CT molecular complexity index is 589. The van der Waals surface area contributed by atoms with Crippen molar-refractivity contribution in [2.45, 2.75) is 0 Å². The summed E-state index contributed by atoms with van der Waals surface area (Å²) >= 11 is 5.89. The van der Waals surface area contributed by atoms with Crippen molar-refractivity contribution in [2.75, 3.05) is 11.9 Å². The number of hydrogen-bond donors (Lipinski definition) is 0. The smallest absolute Gasteiger partial charge is 0.259 e. The Balaban J connectivity index is 2.36. The van der Waals surface area contributed by atoms with Crippen molar-refractivity contribution in [2.24, 2.45) is 0 Å². The van der Waals surface area contributed by atoms with Crippen molar-refractivity contribution in [1.82, 2.24) is 4.98 Å². The lowest BCUT2D eigenvalue weighted by atomic mass is 10.2. The number of nitrogens with zero attached hydrogens (tertiary/aromatic N) is 2. The van der Waals surface area contributed by atoms with Gasteiger partial charge >= 0.3 is 0 Å². The minimum Gasteiger partial charge on any atom is -0.309 e. The third kappa shape index (κ3) is 2.33. The summed E-state index contributed by atoms with van der Waals surface area (Å²) in [7, 11) is 1.50. The molecule has 0 atom stereocenters. The molecule has 0 aliphatic heterocycles. The molecule has 1 heterocycles. The highest BCUT2D eigenvalue weighted by Crippen LogP contribution is 2.22. The van der Waals surface area contributed by atoms with E-state index in [0.29, 0.717) is 0 Å². The Kier molecular flexibility index (Phi) is 3.58. The molecule has 0 fully saturated rings. The lowest BCUT2D eigenvalue weighted by Crippen LogP contribution is -2.27. The number of carbonyl (C=O) groups is 1. The van der Waals surface area contributed by atoms with E-state index in [1.807, 2.05) is 0 Å². The molecule has 0 saturated carbocycles. The predicted octanol–water partition coefficient (Wildman–Crippen LogP) is 3.15. The fourth-order valence-corrected chi connectivity index (χ4v) is 1.76. The maximum atomic E-state index is 13.6. The monoisotopic (exact) mass is 264 g/mol. The van der Waals surface area contributed by atoms with E-state index in [1.54, 1.807) is 12.1 Å². The number of pyridine rings is 1. The SMILES string of the molecule is CN(C(=O)c1ccncc1Cl)c1ccccc1F. The molecule has 0 N–H and O–H groups in total. The molecular formula is C13H10ClFN2O. The highest BCUT2D eigenvalue weighted by Gasteiger charge is 2.18. The van der Waals surface area contributed by atoms with Crippen molar-refractivity contribution in [3.8, 4) is 0 Å². The van der Waals surface area contributed by atoms with Crippen LogP contribution in [0, 0.1) is 5.82 Å². The van der Waals surface area contributed by atoms with E-state index in [0.717, 1.165) is 0 Å². The van der Waals surface area contributed by atoms with Gasteiger partial charge in [-0.1, -0.05) is 23.7 Å². The quantitative estimate of drug-likeness (QED) is 0.835. The van der Waals surface area contributed by atoms with Crippen LogP contribution in [0.15, 0.2) is 42.7 Å². The summed E-state index contributed by atoms with van der Waals surface area (Å²) in [4.78, 5) is 17.2. The van der Waals surface area contributed by atoms with Crippen LogP contribution in [0.3, 0.4) is 0 Å². The van der Waals surface area contributed by atoms with Gasteiger partial charge in [0.2, 0.25) is 0 Å². The van der Waals surface area contributed by atoms with Crippen molar-refractivity contribution in [1.29, 1.82) is 0 Å². The fraction of sp³-hybridized carbons (Fsp3) is 0.0769. The molecule has 0 saturated heterocycles. The van der Waals surface area contributed by atoms with Gasteiger partial charge in [-0.2, -0.15) is 0 Å². The zero-order valence-corrected chi connectivity index (χ0v) is 10.4. The number of hydrogen-bond acceptors (Lipinski definition) is 2. The molecule has 18 heavy (non-hydrogen) atoms. The molecule has 2 rings (SSSR count). The first-order valence-corrected chi connectivity index (χ1v) is 5.61. The lowest BCUT2D eigenvalue weighted by molar-refractivity contribution is 0.0992. The fourth-order valence-electron chi connectivity index (χ4n) is 1.56. The molecule has 0 spiro atoms. The molecule has 0 aliphatic rings. The van der Waals surface area contributed by atoms with E-state index in [4.69, 9.17) is 11.6 Å². The van der Waals surface area contributed by atoms with Gasteiger partial charge in [0.1, 0.15) is 5.82 Å². The summed E-state index contributed by atoms with van der Waals surface area (Å²) in [5, 5.41) is 0.241. The molecule has 0 aliphatic carbocycles. The number of para-hydroxylation sites is 1. The number of benzene rings is 1. The van der Waals surface area contributed by atoms with Crippen LogP contribution in [-0.2, 0) is 0 Å². The number of rotatable bonds is 2. The lowest BCUT2D eigenvalue weighted by Gasteiger charge is -2.18. The van der Waals surface area contributed by atoms with Crippen molar-refractivity contribution >= 4 is 23.2 Å². The van der Waals surface area contributed by atoms with E-state index in [1.165, 1.54) is 42.5 Å². The Morgan fingerprint density at radius 1 is 1.33 bits per heavy atom. The first-order valence-electron chi connectivity index (χ1n) is 5.23. The largest absolute Gasteiger partial charge is 0.309 e. The summed E-state index contributed by atoms with van der Waals surface area (Å²) < 4.78 is 13.6. The molecule has 0 bridgehead atoms. The summed E-state index contributed by atoms with van der Waals surface area (Å²) in [6, 6.07) is 7.56. The Morgan fingerprint density at radius 2 is 2.06 bits per heavy atom. The topological polar surface area (TPSA) is 33.2 Å². The zero-order chi connectivity index (χ0) is 13.1. The molecule has 0 unspecified atom stereocenters. The van der Waals surface area contributed by atoms with Crippen LogP contribution in [0.1, 0.15) is 10.4 Å². The minimum atomic E-state index is -0.460. The maximum Gasteiger partial charge on any atom is 0.259 e. The van der Waals surface area contributed by atoms with Crippen LogP contribution >= 0.6 is 11.6 Å². The van der Waals surface area contributed by atoms with Gasteiger partial charge in [0.25, 0.3) is 5.91 Å². The Hall–Kier alpha value is -1.94. The van der Waals surface area contributed by atoms with Gasteiger partial charge in [0.15, 0.2) is 0 Å². The van der Waals surface area contributed by atoms with Crippen LogP contribution in [0.25, 0.3) is 0 Å². The second-order valence-corrected chi connectivity index (χ2v) is 4.08. The van der Waals surface area contributed by atoms with Crippen LogP contribution in [0.4, 0.5) is 10.1 Å². The third-order valence-corrected chi connectivity index (χ3v) is 2.82. The second kappa shape index (κ2) is 5.14. The molecular weight excluding hydrogens is 255 g/mol. The van der Waals surface area contributed by atoms with Crippen LogP contribution < -0.4 is 4.90 Å². The van der Waals surface area contributed by atoms with Gasteiger partial charge in [-0.15, -0.1) is 0 Å². The molecule has 1 amide bonds. The van der Waals surface area contributed by atoms with Gasteiger partial charge in [-0.05, 0) is 18.2 Å². The number of aromatic nitrogens is 1. The molecule has 92 valence electrons. The minimum absolute atomic E-state index is 0.204. The van der Waals surface area contributed by atoms with E-state index >= 15 is 0 Å². The van der Waals surface area contributed by atoms with Crippen LogP contribution in [-0.4, -0.2) is 17.9 Å². The van der Waals surface area contributed by atoms with Gasteiger partial charge in [-0.25, -0.2) is 4.39 Å². The van der Waals surface area contributed by atoms with E-state index < -0.39 is 5.82 Å². The molecule has 2 aromatic rings. The third-order valence-electron chi connectivity index (χ3n) is 2.52. The average Bonchev–Trinajstić information content (AvgIpc) is 2.38.